The minimum atomic E-state index is 0.813. The Hall–Kier alpha value is -3.64. The van der Waals surface area contributed by atoms with Crippen LogP contribution in [0.25, 0.3) is 16.6 Å². The van der Waals surface area contributed by atoms with Crippen LogP contribution in [0.5, 0.6) is 0 Å². The van der Waals surface area contributed by atoms with Crippen LogP contribution >= 0.6 is 0 Å². The van der Waals surface area contributed by atoms with Crippen molar-refractivity contribution in [3.8, 4) is 6.07 Å². The summed E-state index contributed by atoms with van der Waals surface area (Å²) in [5.74, 6) is 1.15. The molecule has 1 aromatic heterocycles. The van der Waals surface area contributed by atoms with Gasteiger partial charge in [0.1, 0.15) is 5.82 Å². The Morgan fingerprint density at radius 2 is 1.74 bits per heavy atom. The summed E-state index contributed by atoms with van der Waals surface area (Å²) in [6.07, 6.45) is 5.73. The molecule has 31 heavy (non-hydrogen) atoms. The lowest BCUT2D eigenvalue weighted by Gasteiger charge is -2.14. The van der Waals surface area contributed by atoms with Gasteiger partial charge in [0.15, 0.2) is 0 Å². The average Bonchev–Trinajstić information content (AvgIpc) is 3.05. The number of fused-ring (bicyclic) bond motifs is 3. The Bertz CT molecular complexity index is 1330. The Balaban J connectivity index is 1.57. The van der Waals surface area contributed by atoms with Crippen LogP contribution in [0.1, 0.15) is 47.0 Å². The number of para-hydroxylation sites is 2. The van der Waals surface area contributed by atoms with Crippen LogP contribution in [0.3, 0.4) is 0 Å². The highest BCUT2D eigenvalue weighted by Crippen LogP contribution is 2.34. The summed E-state index contributed by atoms with van der Waals surface area (Å²) in [6.45, 7) is 3.01. The van der Waals surface area contributed by atoms with E-state index in [2.05, 4.69) is 84.3 Å². The minimum Gasteiger partial charge on any atom is -0.323 e. The molecule has 0 atom stereocenters. The van der Waals surface area contributed by atoms with E-state index in [9.17, 15) is 5.26 Å². The molecular formula is C28H25N3. The van der Waals surface area contributed by atoms with Crippen molar-refractivity contribution in [2.45, 2.75) is 39.2 Å². The van der Waals surface area contributed by atoms with Crippen molar-refractivity contribution >= 4 is 16.6 Å². The van der Waals surface area contributed by atoms with Crippen molar-refractivity contribution in [1.29, 1.82) is 5.26 Å². The van der Waals surface area contributed by atoms with Gasteiger partial charge in [-0.05, 0) is 64.8 Å². The maximum absolute atomic E-state index is 9.43. The predicted octanol–water partition coefficient (Wildman–Crippen LogP) is 6.09. The van der Waals surface area contributed by atoms with Gasteiger partial charge in [-0.25, -0.2) is 4.98 Å². The third kappa shape index (κ3) is 3.55. The van der Waals surface area contributed by atoms with E-state index in [1.807, 2.05) is 0 Å². The van der Waals surface area contributed by atoms with Crippen LogP contribution in [0.4, 0.5) is 0 Å². The first-order chi connectivity index (χ1) is 15.3. The number of benzene rings is 3. The Kier molecular flexibility index (Phi) is 5.14. The van der Waals surface area contributed by atoms with E-state index in [-0.39, 0.29) is 0 Å². The third-order valence-electron chi connectivity index (χ3n) is 6.19. The van der Waals surface area contributed by atoms with Gasteiger partial charge < -0.3 is 4.57 Å². The van der Waals surface area contributed by atoms with Crippen LogP contribution in [-0.2, 0) is 25.8 Å². The maximum atomic E-state index is 9.43. The molecule has 0 unspecified atom stereocenters. The molecule has 0 amide bonds. The molecule has 4 aromatic rings. The summed E-state index contributed by atoms with van der Waals surface area (Å²) >= 11 is 0. The van der Waals surface area contributed by atoms with E-state index in [0.29, 0.717) is 0 Å². The molecule has 0 saturated carbocycles. The number of hydrogen-bond donors (Lipinski definition) is 0. The second-order valence-electron chi connectivity index (χ2n) is 8.19. The quantitative estimate of drug-likeness (QED) is 0.387. The lowest BCUT2D eigenvalue weighted by molar-refractivity contribution is 0.721. The summed E-state index contributed by atoms with van der Waals surface area (Å²) in [5.41, 5.74) is 9.57. The van der Waals surface area contributed by atoms with Crippen molar-refractivity contribution in [1.82, 2.24) is 9.55 Å². The monoisotopic (exact) mass is 403 g/mol. The molecule has 0 spiro atoms. The second kappa shape index (κ2) is 8.24. The number of hydrogen-bond acceptors (Lipinski definition) is 2. The SMILES string of the molecule is CCCc1nc2ccccc2n1Cc1ccc2c(c1)CCc1ccccc1C2=CC#N. The van der Waals surface area contributed by atoms with Crippen LogP contribution in [-0.4, -0.2) is 9.55 Å². The van der Waals surface area contributed by atoms with Gasteiger partial charge in [0, 0.05) is 19.0 Å². The van der Waals surface area contributed by atoms with Crippen molar-refractivity contribution in [2.75, 3.05) is 0 Å². The fourth-order valence-corrected chi connectivity index (χ4v) is 4.75. The van der Waals surface area contributed by atoms with Gasteiger partial charge in [-0.2, -0.15) is 5.26 Å². The first-order valence-electron chi connectivity index (χ1n) is 11.0. The Morgan fingerprint density at radius 1 is 0.968 bits per heavy atom. The summed E-state index contributed by atoms with van der Waals surface area (Å²) < 4.78 is 2.36. The van der Waals surface area contributed by atoms with Crippen molar-refractivity contribution in [3.63, 3.8) is 0 Å². The van der Waals surface area contributed by atoms with Crippen molar-refractivity contribution in [3.05, 3.63) is 106 Å². The van der Waals surface area contributed by atoms with E-state index in [0.717, 1.165) is 49.1 Å². The van der Waals surface area contributed by atoms with Gasteiger partial charge in [-0.15, -0.1) is 0 Å². The zero-order valence-corrected chi connectivity index (χ0v) is 17.8. The second-order valence-corrected chi connectivity index (χ2v) is 8.19. The minimum absolute atomic E-state index is 0.813. The number of rotatable bonds is 4. The standard InChI is InChI=1S/C28H25N3/c1-2-7-28-30-26-10-5-6-11-27(26)31(28)19-20-12-15-24-22(18-20)14-13-21-8-3-4-9-23(21)25(24)16-17-29/h3-6,8-12,15-16,18H,2,7,13-14,19H2,1H3. The summed E-state index contributed by atoms with van der Waals surface area (Å²) in [6, 6.07) is 25.9. The van der Waals surface area contributed by atoms with Gasteiger partial charge in [0.2, 0.25) is 0 Å². The molecule has 5 rings (SSSR count). The van der Waals surface area contributed by atoms with E-state index in [4.69, 9.17) is 4.98 Å². The van der Waals surface area contributed by atoms with Gasteiger partial charge in [-0.3, -0.25) is 0 Å². The van der Waals surface area contributed by atoms with Crippen LogP contribution in [0.2, 0.25) is 0 Å². The molecule has 0 fully saturated rings. The molecule has 0 aliphatic heterocycles. The van der Waals surface area contributed by atoms with E-state index in [1.54, 1.807) is 6.08 Å². The lowest BCUT2D eigenvalue weighted by Crippen LogP contribution is -2.06. The lowest BCUT2D eigenvalue weighted by atomic mass is 9.93. The van der Waals surface area contributed by atoms with Crippen molar-refractivity contribution < 1.29 is 0 Å². The average molecular weight is 404 g/mol. The van der Waals surface area contributed by atoms with E-state index < -0.39 is 0 Å². The van der Waals surface area contributed by atoms with Gasteiger partial charge in [0.25, 0.3) is 0 Å². The predicted molar refractivity (Wildman–Crippen MR) is 126 cm³/mol. The molecule has 1 aliphatic rings. The molecule has 0 N–H and O–H groups in total. The number of aromatic nitrogens is 2. The number of nitriles is 1. The summed E-state index contributed by atoms with van der Waals surface area (Å²) in [5, 5.41) is 9.43. The first-order valence-corrected chi connectivity index (χ1v) is 11.0. The topological polar surface area (TPSA) is 41.6 Å². The molecule has 3 nitrogen and oxygen atoms in total. The number of allylic oxidation sites excluding steroid dienone is 1. The van der Waals surface area contributed by atoms with Crippen LogP contribution in [0.15, 0.2) is 72.8 Å². The molecule has 3 aromatic carbocycles. The molecule has 3 heteroatoms. The van der Waals surface area contributed by atoms with Crippen molar-refractivity contribution in [2.24, 2.45) is 0 Å². The van der Waals surface area contributed by atoms with Gasteiger partial charge in [0.05, 0.1) is 17.1 Å². The zero-order chi connectivity index (χ0) is 21.2. The number of imidazole rings is 1. The van der Waals surface area contributed by atoms with E-state index in [1.165, 1.54) is 33.3 Å². The molecule has 0 radical (unpaired) electrons. The van der Waals surface area contributed by atoms with Gasteiger partial charge >= 0.3 is 0 Å². The summed E-state index contributed by atoms with van der Waals surface area (Å²) in [7, 11) is 0. The normalized spacial score (nSPS) is 14.1. The molecular weight excluding hydrogens is 378 g/mol. The largest absolute Gasteiger partial charge is 0.323 e. The molecule has 0 bridgehead atoms. The van der Waals surface area contributed by atoms with Crippen LogP contribution in [0, 0.1) is 11.3 Å². The Morgan fingerprint density at radius 3 is 2.61 bits per heavy atom. The highest BCUT2D eigenvalue weighted by Gasteiger charge is 2.19. The third-order valence-corrected chi connectivity index (χ3v) is 6.19. The molecule has 1 heterocycles. The fraction of sp³-hybridized carbons (Fsp3) is 0.214. The maximum Gasteiger partial charge on any atom is 0.110 e. The molecule has 0 saturated heterocycles. The summed E-state index contributed by atoms with van der Waals surface area (Å²) in [4.78, 5) is 4.88. The molecule has 1 aliphatic carbocycles. The van der Waals surface area contributed by atoms with Crippen LogP contribution < -0.4 is 0 Å². The zero-order valence-electron chi connectivity index (χ0n) is 17.8. The first kappa shape index (κ1) is 19.3. The highest BCUT2D eigenvalue weighted by molar-refractivity contribution is 5.85. The molecule has 152 valence electrons. The number of aryl methyl sites for hydroxylation is 3. The highest BCUT2D eigenvalue weighted by atomic mass is 15.1. The fourth-order valence-electron chi connectivity index (χ4n) is 4.75. The smallest absolute Gasteiger partial charge is 0.110 e. The number of nitrogens with zero attached hydrogens (tertiary/aromatic N) is 3. The van der Waals surface area contributed by atoms with Gasteiger partial charge in [-0.1, -0.05) is 61.5 Å². The Labute approximate surface area is 183 Å². The van der Waals surface area contributed by atoms with E-state index >= 15 is 0 Å².